The van der Waals surface area contributed by atoms with Gasteiger partial charge >= 0.3 is 0 Å². The minimum atomic E-state index is 0.129. The Hall–Kier alpha value is -0.770. The summed E-state index contributed by atoms with van der Waals surface area (Å²) in [7, 11) is 0. The lowest BCUT2D eigenvalue weighted by molar-refractivity contribution is 0.0666. The first-order chi connectivity index (χ1) is 7.70. The van der Waals surface area contributed by atoms with Gasteiger partial charge in [0.05, 0.1) is 0 Å². The van der Waals surface area contributed by atoms with Gasteiger partial charge in [-0.15, -0.1) is 0 Å². The zero-order valence-corrected chi connectivity index (χ0v) is 11.1. The second kappa shape index (κ2) is 5.04. The van der Waals surface area contributed by atoms with Crippen molar-refractivity contribution in [1.29, 1.82) is 0 Å². The van der Waals surface area contributed by atoms with E-state index in [9.17, 15) is 4.79 Å². The van der Waals surface area contributed by atoms with Gasteiger partial charge in [0.15, 0.2) is 0 Å². The molecular weight excluding hydrogens is 268 g/mol. The Morgan fingerprint density at radius 3 is 3.12 bits per heavy atom. The van der Waals surface area contributed by atoms with Crippen LogP contribution in [0.4, 0.5) is 0 Å². The van der Waals surface area contributed by atoms with Crippen molar-refractivity contribution in [2.24, 2.45) is 5.92 Å². The number of carbonyl (C=O) groups excluding carboxylic acids is 1. The van der Waals surface area contributed by atoms with Crippen molar-refractivity contribution in [2.75, 3.05) is 13.1 Å². The third-order valence-electron chi connectivity index (χ3n) is 3.26. The molecule has 1 amide bonds. The Kier molecular flexibility index (Phi) is 3.69. The van der Waals surface area contributed by atoms with Crippen molar-refractivity contribution in [3.05, 3.63) is 22.4 Å². The number of likely N-dealkylation sites (tertiary alicyclic amines) is 1. The Bertz CT molecular complexity index is 375. The predicted molar refractivity (Wildman–Crippen MR) is 67.4 cm³/mol. The molecule has 1 aliphatic heterocycles. The average molecular weight is 285 g/mol. The van der Waals surface area contributed by atoms with Crippen molar-refractivity contribution < 1.29 is 4.79 Å². The summed E-state index contributed by atoms with van der Waals surface area (Å²) in [5.41, 5.74) is 0.684. The van der Waals surface area contributed by atoms with Gasteiger partial charge in [-0.05, 0) is 40.8 Å². The van der Waals surface area contributed by atoms with E-state index in [0.29, 0.717) is 11.6 Å². The van der Waals surface area contributed by atoms with Gasteiger partial charge in [-0.3, -0.25) is 4.79 Å². The average Bonchev–Trinajstić information content (AvgIpc) is 2.75. The van der Waals surface area contributed by atoms with Gasteiger partial charge < -0.3 is 9.88 Å². The molecule has 16 heavy (non-hydrogen) atoms. The van der Waals surface area contributed by atoms with Gasteiger partial charge in [-0.25, -0.2) is 0 Å². The Morgan fingerprint density at radius 1 is 1.69 bits per heavy atom. The second-order valence-electron chi connectivity index (χ2n) is 4.40. The van der Waals surface area contributed by atoms with Gasteiger partial charge in [0.25, 0.3) is 5.91 Å². The molecule has 1 atom stereocenters. The van der Waals surface area contributed by atoms with E-state index in [1.54, 1.807) is 6.20 Å². The zero-order valence-electron chi connectivity index (χ0n) is 9.50. The summed E-state index contributed by atoms with van der Waals surface area (Å²) in [4.78, 5) is 17.1. The first kappa shape index (κ1) is 11.7. The van der Waals surface area contributed by atoms with Crippen LogP contribution < -0.4 is 0 Å². The molecule has 88 valence electrons. The maximum atomic E-state index is 12.1. The van der Waals surface area contributed by atoms with Crippen LogP contribution in [0, 0.1) is 5.92 Å². The third kappa shape index (κ3) is 2.48. The third-order valence-corrected chi connectivity index (χ3v) is 3.72. The quantitative estimate of drug-likeness (QED) is 0.890. The first-order valence-electron chi connectivity index (χ1n) is 5.84. The minimum absolute atomic E-state index is 0.129. The summed E-state index contributed by atoms with van der Waals surface area (Å²) < 4.78 is 0.930. The van der Waals surface area contributed by atoms with Crippen molar-refractivity contribution in [1.82, 2.24) is 9.88 Å². The van der Waals surface area contributed by atoms with Crippen LogP contribution in [-0.4, -0.2) is 28.9 Å². The molecule has 0 radical (unpaired) electrons. The number of aromatic nitrogens is 1. The molecule has 1 aromatic heterocycles. The van der Waals surface area contributed by atoms with Crippen LogP contribution in [0.25, 0.3) is 0 Å². The number of hydrogen-bond acceptors (Lipinski definition) is 1. The molecule has 0 saturated carbocycles. The van der Waals surface area contributed by atoms with Crippen LogP contribution in [-0.2, 0) is 0 Å². The van der Waals surface area contributed by atoms with Crippen molar-refractivity contribution >= 4 is 21.8 Å². The standard InChI is InChI=1S/C12H17BrN2O/c1-2-9-4-3-5-15(8-9)12(16)11-6-10(13)7-14-11/h6-7,9,14H,2-5,8H2,1H3. The van der Waals surface area contributed by atoms with E-state index in [0.717, 1.165) is 30.4 Å². The Balaban J connectivity index is 2.04. The molecular formula is C12H17BrN2O. The summed E-state index contributed by atoms with van der Waals surface area (Å²) in [6.45, 7) is 4.00. The summed E-state index contributed by atoms with van der Waals surface area (Å²) >= 11 is 3.35. The van der Waals surface area contributed by atoms with Crippen LogP contribution in [0.1, 0.15) is 36.7 Å². The lowest BCUT2D eigenvalue weighted by Gasteiger charge is -2.32. The lowest BCUT2D eigenvalue weighted by Crippen LogP contribution is -2.39. The largest absolute Gasteiger partial charge is 0.356 e. The molecule has 1 aliphatic rings. The van der Waals surface area contributed by atoms with E-state index in [1.165, 1.54) is 6.42 Å². The summed E-state index contributed by atoms with van der Waals surface area (Å²) in [5.74, 6) is 0.806. The number of H-pyrrole nitrogens is 1. The van der Waals surface area contributed by atoms with Gasteiger partial charge in [-0.1, -0.05) is 13.3 Å². The van der Waals surface area contributed by atoms with E-state index in [1.807, 2.05) is 11.0 Å². The molecule has 1 N–H and O–H groups in total. The van der Waals surface area contributed by atoms with Crippen LogP contribution in [0.15, 0.2) is 16.7 Å². The molecule has 0 bridgehead atoms. The molecule has 1 saturated heterocycles. The number of rotatable bonds is 2. The molecule has 1 fully saturated rings. The molecule has 0 spiro atoms. The van der Waals surface area contributed by atoms with E-state index < -0.39 is 0 Å². The maximum Gasteiger partial charge on any atom is 0.270 e. The molecule has 1 unspecified atom stereocenters. The van der Waals surface area contributed by atoms with Crippen molar-refractivity contribution in [3.63, 3.8) is 0 Å². The van der Waals surface area contributed by atoms with Crippen LogP contribution in [0.3, 0.4) is 0 Å². The van der Waals surface area contributed by atoms with Gasteiger partial charge in [-0.2, -0.15) is 0 Å². The normalized spacial score (nSPS) is 21.1. The fourth-order valence-corrected chi connectivity index (χ4v) is 2.59. The number of hydrogen-bond donors (Lipinski definition) is 1. The highest BCUT2D eigenvalue weighted by Gasteiger charge is 2.23. The number of nitrogens with zero attached hydrogens (tertiary/aromatic N) is 1. The molecule has 2 heterocycles. The number of carbonyl (C=O) groups is 1. The number of amides is 1. The van der Waals surface area contributed by atoms with Gasteiger partial charge in [0.1, 0.15) is 5.69 Å². The Labute approximate surface area is 104 Å². The molecule has 0 aromatic carbocycles. The first-order valence-corrected chi connectivity index (χ1v) is 6.63. The highest BCUT2D eigenvalue weighted by Crippen LogP contribution is 2.21. The lowest BCUT2D eigenvalue weighted by atomic mass is 9.95. The van der Waals surface area contributed by atoms with Crippen molar-refractivity contribution in [3.8, 4) is 0 Å². The number of nitrogens with one attached hydrogen (secondary N) is 1. The highest BCUT2D eigenvalue weighted by atomic mass is 79.9. The maximum absolute atomic E-state index is 12.1. The van der Waals surface area contributed by atoms with Crippen LogP contribution >= 0.6 is 15.9 Å². The summed E-state index contributed by atoms with van der Waals surface area (Å²) in [6.07, 6.45) is 5.35. The zero-order chi connectivity index (χ0) is 11.5. The minimum Gasteiger partial charge on any atom is -0.356 e. The van der Waals surface area contributed by atoms with Crippen LogP contribution in [0.2, 0.25) is 0 Å². The molecule has 2 rings (SSSR count). The molecule has 4 heteroatoms. The molecule has 0 aliphatic carbocycles. The van der Waals surface area contributed by atoms with E-state index >= 15 is 0 Å². The molecule has 1 aromatic rings. The number of halogens is 1. The van der Waals surface area contributed by atoms with E-state index in [-0.39, 0.29) is 5.91 Å². The SMILES string of the molecule is CCC1CCCN(C(=O)c2cc(Br)c[nH]2)C1. The Morgan fingerprint density at radius 2 is 2.50 bits per heavy atom. The summed E-state index contributed by atoms with van der Waals surface area (Å²) in [6, 6.07) is 1.85. The fraction of sp³-hybridized carbons (Fsp3) is 0.583. The molecule has 3 nitrogen and oxygen atoms in total. The smallest absolute Gasteiger partial charge is 0.270 e. The van der Waals surface area contributed by atoms with Gasteiger partial charge in [0.2, 0.25) is 0 Å². The van der Waals surface area contributed by atoms with Crippen molar-refractivity contribution in [2.45, 2.75) is 26.2 Å². The monoisotopic (exact) mass is 284 g/mol. The fourth-order valence-electron chi connectivity index (χ4n) is 2.24. The van der Waals surface area contributed by atoms with Gasteiger partial charge in [0, 0.05) is 23.8 Å². The predicted octanol–water partition coefficient (Wildman–Crippen LogP) is 3.04. The summed E-state index contributed by atoms with van der Waals surface area (Å²) in [5, 5.41) is 0. The van der Waals surface area contributed by atoms with Crippen LogP contribution in [0.5, 0.6) is 0 Å². The second-order valence-corrected chi connectivity index (χ2v) is 5.31. The highest BCUT2D eigenvalue weighted by molar-refractivity contribution is 9.10. The van der Waals surface area contributed by atoms with E-state index in [2.05, 4.69) is 27.8 Å². The topological polar surface area (TPSA) is 36.1 Å². The number of aromatic amines is 1. The van der Waals surface area contributed by atoms with E-state index in [4.69, 9.17) is 0 Å². The number of piperidine rings is 1.